The second-order valence-electron chi connectivity index (χ2n) is 5.12. The lowest BCUT2D eigenvalue weighted by molar-refractivity contribution is -0.137. The lowest BCUT2D eigenvalue weighted by Crippen LogP contribution is -2.21. The molecule has 4 nitrogen and oxygen atoms in total. The number of hydrogen-bond donors (Lipinski definition) is 1. The molecule has 2 heterocycles. The number of aromatic nitrogens is 1. The Hall–Kier alpha value is -1.42. The molecule has 0 spiro atoms. The van der Waals surface area contributed by atoms with Crippen molar-refractivity contribution in [3.63, 3.8) is 0 Å². The molecule has 0 aromatic carbocycles. The first-order chi connectivity index (χ1) is 8.65. The second kappa shape index (κ2) is 5.96. The molecule has 0 bridgehead atoms. The molecule has 0 radical (unpaired) electrons. The summed E-state index contributed by atoms with van der Waals surface area (Å²) in [5, 5.41) is 8.69. The lowest BCUT2D eigenvalue weighted by Gasteiger charge is -2.16. The number of carboxylic acid groups (broad SMARTS) is 1. The first-order valence-electron chi connectivity index (χ1n) is 6.49. The third-order valence-electron chi connectivity index (χ3n) is 3.68. The van der Waals surface area contributed by atoms with Crippen molar-refractivity contribution in [3.05, 3.63) is 29.6 Å². The van der Waals surface area contributed by atoms with Crippen LogP contribution in [0.25, 0.3) is 0 Å². The number of nitrogens with zero attached hydrogens (tertiary/aromatic N) is 2. The van der Waals surface area contributed by atoms with E-state index in [9.17, 15) is 4.79 Å². The van der Waals surface area contributed by atoms with Crippen molar-refractivity contribution in [2.24, 2.45) is 5.92 Å². The maximum atomic E-state index is 10.6. The number of hydrogen-bond acceptors (Lipinski definition) is 3. The quantitative estimate of drug-likeness (QED) is 0.866. The summed E-state index contributed by atoms with van der Waals surface area (Å²) in [4.78, 5) is 17.1. The molecule has 1 aromatic rings. The summed E-state index contributed by atoms with van der Waals surface area (Å²) < 4.78 is 0. The Kier molecular flexibility index (Phi) is 4.31. The number of rotatable bonds is 5. The van der Waals surface area contributed by atoms with Crippen LogP contribution < -0.4 is 0 Å². The Morgan fingerprint density at radius 2 is 2.44 bits per heavy atom. The van der Waals surface area contributed by atoms with Gasteiger partial charge in [0.05, 0.1) is 0 Å². The van der Waals surface area contributed by atoms with Crippen LogP contribution in [0, 0.1) is 12.8 Å². The first-order valence-corrected chi connectivity index (χ1v) is 6.49. The number of likely N-dealkylation sites (tertiary alicyclic amines) is 1. The zero-order valence-electron chi connectivity index (χ0n) is 10.8. The van der Waals surface area contributed by atoms with E-state index in [0.29, 0.717) is 12.3 Å². The van der Waals surface area contributed by atoms with Gasteiger partial charge < -0.3 is 5.11 Å². The number of carboxylic acids is 1. The van der Waals surface area contributed by atoms with E-state index in [0.717, 1.165) is 32.5 Å². The smallest absolute Gasteiger partial charge is 0.303 e. The summed E-state index contributed by atoms with van der Waals surface area (Å²) in [6, 6.07) is 2.04. The van der Waals surface area contributed by atoms with E-state index in [1.165, 1.54) is 11.1 Å². The van der Waals surface area contributed by atoms with Gasteiger partial charge in [-0.25, -0.2) is 0 Å². The maximum absolute atomic E-state index is 10.6. The summed E-state index contributed by atoms with van der Waals surface area (Å²) in [6.07, 6.45) is 5.97. The van der Waals surface area contributed by atoms with Crippen molar-refractivity contribution in [1.29, 1.82) is 0 Å². The molecule has 1 aliphatic rings. The Labute approximate surface area is 108 Å². The van der Waals surface area contributed by atoms with Gasteiger partial charge in [0, 0.05) is 31.9 Å². The molecule has 1 atom stereocenters. The highest BCUT2D eigenvalue weighted by molar-refractivity contribution is 5.66. The maximum Gasteiger partial charge on any atom is 0.303 e. The standard InChI is InChI=1S/C14H20N2O2/c1-11-4-6-15-8-13(11)10-16-7-5-12(9-16)2-3-14(17)18/h4,6,8,12H,2-3,5,7,9-10H2,1H3,(H,17,18). The molecule has 1 N–H and O–H groups in total. The third-order valence-corrected chi connectivity index (χ3v) is 3.68. The van der Waals surface area contributed by atoms with E-state index in [1.54, 1.807) is 0 Å². The first kappa shape index (κ1) is 13.0. The van der Waals surface area contributed by atoms with Gasteiger partial charge in [-0.2, -0.15) is 0 Å². The molecule has 1 saturated heterocycles. The zero-order valence-corrected chi connectivity index (χ0v) is 10.8. The van der Waals surface area contributed by atoms with Crippen LogP contribution in [-0.4, -0.2) is 34.0 Å². The molecule has 98 valence electrons. The van der Waals surface area contributed by atoms with Crippen molar-refractivity contribution < 1.29 is 9.90 Å². The predicted octanol–water partition coefficient (Wildman–Crippen LogP) is 2.08. The van der Waals surface area contributed by atoms with E-state index in [4.69, 9.17) is 5.11 Å². The number of aryl methyl sites for hydroxylation is 1. The van der Waals surface area contributed by atoms with Crippen LogP contribution in [-0.2, 0) is 11.3 Å². The molecule has 2 rings (SSSR count). The summed E-state index contributed by atoms with van der Waals surface area (Å²) >= 11 is 0. The van der Waals surface area contributed by atoms with Gasteiger partial charge >= 0.3 is 5.97 Å². The molecule has 0 aliphatic carbocycles. The predicted molar refractivity (Wildman–Crippen MR) is 69.2 cm³/mol. The van der Waals surface area contributed by atoms with Crippen LogP contribution in [0.1, 0.15) is 30.4 Å². The lowest BCUT2D eigenvalue weighted by atomic mass is 10.0. The molecular weight excluding hydrogens is 228 g/mol. The Balaban J connectivity index is 1.83. The summed E-state index contributed by atoms with van der Waals surface area (Å²) in [6.45, 7) is 5.12. The molecule has 1 aliphatic heterocycles. The minimum atomic E-state index is -0.684. The minimum absolute atomic E-state index is 0.296. The van der Waals surface area contributed by atoms with Gasteiger partial charge in [0.15, 0.2) is 0 Å². The van der Waals surface area contributed by atoms with Gasteiger partial charge in [0.1, 0.15) is 0 Å². The fourth-order valence-corrected chi connectivity index (χ4v) is 2.52. The Morgan fingerprint density at radius 1 is 1.61 bits per heavy atom. The van der Waals surface area contributed by atoms with Gasteiger partial charge in [-0.05, 0) is 49.4 Å². The molecule has 0 amide bonds. The average Bonchev–Trinajstić information content (AvgIpc) is 2.77. The summed E-state index contributed by atoms with van der Waals surface area (Å²) in [7, 11) is 0. The Morgan fingerprint density at radius 3 is 3.17 bits per heavy atom. The van der Waals surface area contributed by atoms with E-state index >= 15 is 0 Å². The van der Waals surface area contributed by atoms with E-state index in [2.05, 4.69) is 16.8 Å². The highest BCUT2D eigenvalue weighted by Gasteiger charge is 2.23. The topological polar surface area (TPSA) is 53.4 Å². The largest absolute Gasteiger partial charge is 0.481 e. The zero-order chi connectivity index (χ0) is 13.0. The Bertz CT molecular complexity index is 420. The number of carbonyl (C=O) groups is 1. The third kappa shape index (κ3) is 3.53. The molecule has 18 heavy (non-hydrogen) atoms. The second-order valence-corrected chi connectivity index (χ2v) is 5.12. The van der Waals surface area contributed by atoms with Crippen LogP contribution in [0.15, 0.2) is 18.5 Å². The van der Waals surface area contributed by atoms with Crippen molar-refractivity contribution in [2.45, 2.75) is 32.7 Å². The molecule has 1 fully saturated rings. The van der Waals surface area contributed by atoms with Gasteiger partial charge in [0.2, 0.25) is 0 Å². The highest BCUT2D eigenvalue weighted by atomic mass is 16.4. The van der Waals surface area contributed by atoms with Crippen molar-refractivity contribution >= 4 is 5.97 Å². The van der Waals surface area contributed by atoms with Crippen LogP contribution in [0.5, 0.6) is 0 Å². The monoisotopic (exact) mass is 248 g/mol. The average molecular weight is 248 g/mol. The van der Waals surface area contributed by atoms with Crippen molar-refractivity contribution in [2.75, 3.05) is 13.1 Å². The van der Waals surface area contributed by atoms with Crippen LogP contribution in [0.4, 0.5) is 0 Å². The molecular formula is C14H20N2O2. The van der Waals surface area contributed by atoms with Gasteiger partial charge in [-0.1, -0.05) is 0 Å². The molecule has 4 heteroatoms. The number of aliphatic carboxylic acids is 1. The van der Waals surface area contributed by atoms with Gasteiger partial charge in [-0.15, -0.1) is 0 Å². The van der Waals surface area contributed by atoms with Gasteiger partial charge in [0.25, 0.3) is 0 Å². The van der Waals surface area contributed by atoms with Crippen LogP contribution in [0.3, 0.4) is 0 Å². The minimum Gasteiger partial charge on any atom is -0.481 e. The molecule has 0 saturated carbocycles. The highest BCUT2D eigenvalue weighted by Crippen LogP contribution is 2.23. The number of pyridine rings is 1. The van der Waals surface area contributed by atoms with Crippen LogP contribution >= 0.6 is 0 Å². The van der Waals surface area contributed by atoms with E-state index < -0.39 is 5.97 Å². The normalized spacial score (nSPS) is 20.2. The van der Waals surface area contributed by atoms with Crippen molar-refractivity contribution in [3.8, 4) is 0 Å². The molecule has 1 unspecified atom stereocenters. The fourth-order valence-electron chi connectivity index (χ4n) is 2.52. The van der Waals surface area contributed by atoms with Crippen molar-refractivity contribution in [1.82, 2.24) is 9.88 Å². The summed E-state index contributed by atoms with van der Waals surface area (Å²) in [5.74, 6) is -0.144. The summed E-state index contributed by atoms with van der Waals surface area (Å²) in [5.41, 5.74) is 2.55. The van der Waals surface area contributed by atoms with E-state index in [1.807, 2.05) is 18.5 Å². The SMILES string of the molecule is Cc1ccncc1CN1CCC(CCC(=O)O)C1. The fraction of sp³-hybridized carbons (Fsp3) is 0.571. The van der Waals surface area contributed by atoms with Gasteiger partial charge in [-0.3, -0.25) is 14.7 Å². The van der Waals surface area contributed by atoms with E-state index in [-0.39, 0.29) is 0 Å². The molecule has 1 aromatic heterocycles. The van der Waals surface area contributed by atoms with Crippen LogP contribution in [0.2, 0.25) is 0 Å².